The van der Waals surface area contributed by atoms with Crippen LogP contribution in [0.2, 0.25) is 0 Å². The Morgan fingerprint density at radius 3 is 2.77 bits per heavy atom. The van der Waals surface area contributed by atoms with E-state index in [1.54, 1.807) is 7.11 Å². The van der Waals surface area contributed by atoms with Gasteiger partial charge in [-0.05, 0) is 25.1 Å². The first kappa shape index (κ1) is 16.5. The van der Waals surface area contributed by atoms with E-state index in [0.29, 0.717) is 13.1 Å². The standard InChI is InChI=1S/C21H22N2O3/c1-14-6-8-15(9-7-14)26-13-20(24)23-11-10-18-17(12-23)16-4-3-5-19(25-2)21(16)22-18/h3-9,22H,10-13H2,1-2H3. The van der Waals surface area contributed by atoms with E-state index in [9.17, 15) is 4.79 Å². The van der Waals surface area contributed by atoms with Crippen LogP contribution in [0.3, 0.4) is 0 Å². The first-order chi connectivity index (χ1) is 12.7. The summed E-state index contributed by atoms with van der Waals surface area (Å²) < 4.78 is 11.1. The molecule has 1 aromatic heterocycles. The highest BCUT2D eigenvalue weighted by atomic mass is 16.5. The number of aromatic nitrogens is 1. The van der Waals surface area contributed by atoms with Gasteiger partial charge in [0.25, 0.3) is 5.91 Å². The molecule has 0 spiro atoms. The van der Waals surface area contributed by atoms with Crippen LogP contribution in [0.4, 0.5) is 0 Å². The molecule has 0 aliphatic carbocycles. The fourth-order valence-electron chi connectivity index (χ4n) is 3.46. The maximum Gasteiger partial charge on any atom is 0.260 e. The molecule has 5 heteroatoms. The average molecular weight is 350 g/mol. The zero-order chi connectivity index (χ0) is 18.1. The molecule has 2 aromatic carbocycles. The maximum absolute atomic E-state index is 12.6. The second kappa shape index (κ2) is 6.75. The number of carbonyl (C=O) groups excluding carboxylic acids is 1. The van der Waals surface area contributed by atoms with Gasteiger partial charge in [0.05, 0.1) is 12.6 Å². The molecule has 2 heterocycles. The monoisotopic (exact) mass is 350 g/mol. The summed E-state index contributed by atoms with van der Waals surface area (Å²) in [5.41, 5.74) is 4.54. The minimum atomic E-state index is 0.00784. The first-order valence-electron chi connectivity index (χ1n) is 8.79. The van der Waals surface area contributed by atoms with Gasteiger partial charge in [-0.2, -0.15) is 0 Å². The Balaban J connectivity index is 1.49. The Morgan fingerprint density at radius 2 is 2.00 bits per heavy atom. The van der Waals surface area contributed by atoms with Crippen LogP contribution in [-0.4, -0.2) is 36.1 Å². The molecule has 4 rings (SSSR count). The van der Waals surface area contributed by atoms with Crippen LogP contribution in [-0.2, 0) is 17.8 Å². The molecule has 0 fully saturated rings. The summed E-state index contributed by atoms with van der Waals surface area (Å²) in [4.78, 5) is 17.9. The predicted octanol–water partition coefficient (Wildman–Crippen LogP) is 3.45. The number of ether oxygens (including phenoxy) is 2. The summed E-state index contributed by atoms with van der Waals surface area (Å²) in [6.45, 7) is 3.37. The van der Waals surface area contributed by atoms with Crippen LogP contribution in [0, 0.1) is 6.92 Å². The van der Waals surface area contributed by atoms with Crippen LogP contribution < -0.4 is 9.47 Å². The van der Waals surface area contributed by atoms with Crippen molar-refractivity contribution in [1.29, 1.82) is 0 Å². The number of amides is 1. The van der Waals surface area contributed by atoms with Crippen LogP contribution in [0.25, 0.3) is 10.9 Å². The summed E-state index contributed by atoms with van der Waals surface area (Å²) in [7, 11) is 1.67. The number of hydrogen-bond acceptors (Lipinski definition) is 3. The highest BCUT2D eigenvalue weighted by Gasteiger charge is 2.25. The number of rotatable bonds is 4. The van der Waals surface area contributed by atoms with Gasteiger partial charge in [0, 0.05) is 36.2 Å². The van der Waals surface area contributed by atoms with Gasteiger partial charge in [0.1, 0.15) is 11.5 Å². The molecule has 0 saturated carbocycles. The topological polar surface area (TPSA) is 54.6 Å². The second-order valence-electron chi connectivity index (χ2n) is 6.63. The highest BCUT2D eigenvalue weighted by Crippen LogP contribution is 2.32. The number of methoxy groups -OCH3 is 1. The lowest BCUT2D eigenvalue weighted by Crippen LogP contribution is -2.38. The number of aromatic amines is 1. The third kappa shape index (κ3) is 3.01. The third-order valence-electron chi connectivity index (χ3n) is 4.93. The Labute approximate surface area is 152 Å². The maximum atomic E-state index is 12.6. The molecule has 5 nitrogen and oxygen atoms in total. The van der Waals surface area contributed by atoms with Gasteiger partial charge < -0.3 is 19.4 Å². The smallest absolute Gasteiger partial charge is 0.260 e. The molecular weight excluding hydrogens is 328 g/mol. The van der Waals surface area contributed by atoms with Gasteiger partial charge in [0.15, 0.2) is 6.61 Å². The Hall–Kier alpha value is -2.95. The molecule has 0 bridgehead atoms. The largest absolute Gasteiger partial charge is 0.495 e. The van der Waals surface area contributed by atoms with Crippen LogP contribution >= 0.6 is 0 Å². The summed E-state index contributed by atoms with van der Waals surface area (Å²) >= 11 is 0. The zero-order valence-corrected chi connectivity index (χ0v) is 15.0. The fourth-order valence-corrected chi connectivity index (χ4v) is 3.46. The van der Waals surface area contributed by atoms with E-state index in [4.69, 9.17) is 9.47 Å². The molecule has 1 amide bonds. The molecule has 0 unspecified atom stereocenters. The highest BCUT2D eigenvalue weighted by molar-refractivity contribution is 5.90. The van der Waals surface area contributed by atoms with Crippen molar-refractivity contribution in [3.8, 4) is 11.5 Å². The second-order valence-corrected chi connectivity index (χ2v) is 6.63. The Kier molecular flexibility index (Phi) is 4.29. The van der Waals surface area contributed by atoms with Gasteiger partial charge >= 0.3 is 0 Å². The third-order valence-corrected chi connectivity index (χ3v) is 4.93. The number of benzene rings is 2. The molecule has 0 atom stereocenters. The summed E-state index contributed by atoms with van der Waals surface area (Å²) in [5.74, 6) is 1.56. The van der Waals surface area contributed by atoms with Crippen molar-refractivity contribution in [2.75, 3.05) is 20.3 Å². The van der Waals surface area contributed by atoms with Crippen molar-refractivity contribution in [2.24, 2.45) is 0 Å². The van der Waals surface area contributed by atoms with Gasteiger partial charge in [-0.25, -0.2) is 0 Å². The normalized spacial score (nSPS) is 13.5. The van der Waals surface area contributed by atoms with Gasteiger partial charge in [-0.15, -0.1) is 0 Å². The van der Waals surface area contributed by atoms with Crippen LogP contribution in [0.5, 0.6) is 11.5 Å². The summed E-state index contributed by atoms with van der Waals surface area (Å²) in [6.07, 6.45) is 0.809. The lowest BCUT2D eigenvalue weighted by atomic mass is 10.0. The van der Waals surface area contributed by atoms with Gasteiger partial charge in [-0.1, -0.05) is 29.8 Å². The number of hydrogen-bond donors (Lipinski definition) is 1. The van der Waals surface area contributed by atoms with Gasteiger partial charge in [-0.3, -0.25) is 4.79 Å². The number of fused-ring (bicyclic) bond motifs is 3. The Bertz CT molecular complexity index is 944. The first-order valence-corrected chi connectivity index (χ1v) is 8.79. The molecule has 1 N–H and O–H groups in total. The van der Waals surface area contributed by atoms with E-state index in [-0.39, 0.29) is 12.5 Å². The van der Waals surface area contributed by atoms with E-state index < -0.39 is 0 Å². The minimum Gasteiger partial charge on any atom is -0.495 e. The van der Waals surface area contributed by atoms with E-state index in [1.807, 2.05) is 48.2 Å². The SMILES string of the molecule is COc1cccc2c3c([nH]c12)CCN(C(=O)COc1ccc(C)cc1)C3. The molecule has 1 aliphatic heterocycles. The minimum absolute atomic E-state index is 0.00784. The quantitative estimate of drug-likeness (QED) is 0.784. The molecule has 134 valence electrons. The predicted molar refractivity (Wildman–Crippen MR) is 101 cm³/mol. The van der Waals surface area contributed by atoms with Crippen molar-refractivity contribution < 1.29 is 14.3 Å². The molecule has 1 aliphatic rings. The van der Waals surface area contributed by atoms with Crippen LogP contribution in [0.15, 0.2) is 42.5 Å². The molecular formula is C21H22N2O3. The number of nitrogens with one attached hydrogen (secondary N) is 1. The zero-order valence-electron chi connectivity index (χ0n) is 15.0. The van der Waals surface area contributed by atoms with Gasteiger partial charge in [0.2, 0.25) is 0 Å². The molecule has 26 heavy (non-hydrogen) atoms. The van der Waals surface area contributed by atoms with Crippen molar-refractivity contribution in [3.05, 3.63) is 59.3 Å². The van der Waals surface area contributed by atoms with E-state index >= 15 is 0 Å². The summed E-state index contributed by atoms with van der Waals surface area (Å²) in [6, 6.07) is 13.7. The van der Waals surface area contributed by atoms with E-state index in [0.717, 1.165) is 28.8 Å². The van der Waals surface area contributed by atoms with Crippen LogP contribution in [0.1, 0.15) is 16.8 Å². The number of carbonyl (C=O) groups is 1. The molecule has 0 radical (unpaired) electrons. The number of nitrogens with zero attached hydrogens (tertiary/aromatic N) is 1. The lowest BCUT2D eigenvalue weighted by molar-refractivity contribution is -0.134. The van der Waals surface area contributed by atoms with Crippen molar-refractivity contribution >= 4 is 16.8 Å². The average Bonchev–Trinajstić information content (AvgIpc) is 3.05. The van der Waals surface area contributed by atoms with Crippen molar-refractivity contribution in [3.63, 3.8) is 0 Å². The van der Waals surface area contributed by atoms with E-state index in [2.05, 4.69) is 11.1 Å². The molecule has 0 saturated heterocycles. The Morgan fingerprint density at radius 1 is 1.19 bits per heavy atom. The fraction of sp³-hybridized carbons (Fsp3) is 0.286. The summed E-state index contributed by atoms with van der Waals surface area (Å²) in [5, 5.41) is 1.12. The lowest BCUT2D eigenvalue weighted by Gasteiger charge is -2.27. The number of para-hydroxylation sites is 1. The van der Waals surface area contributed by atoms with E-state index in [1.165, 1.54) is 16.8 Å². The van der Waals surface area contributed by atoms with Crippen molar-refractivity contribution in [1.82, 2.24) is 9.88 Å². The molecule has 3 aromatic rings. The van der Waals surface area contributed by atoms with Crippen molar-refractivity contribution in [2.45, 2.75) is 19.9 Å². The number of H-pyrrole nitrogens is 1. The number of aryl methyl sites for hydroxylation is 1.